The van der Waals surface area contributed by atoms with Gasteiger partial charge in [0.2, 0.25) is 0 Å². The minimum absolute atomic E-state index is 0.00664. The molecule has 0 saturated heterocycles. The van der Waals surface area contributed by atoms with Gasteiger partial charge in [-0.1, -0.05) is 53.0 Å². The molecular formula is C10H5Cl3S. The normalized spacial score (nSPS) is 8.79. The number of benzene rings is 1. The van der Waals surface area contributed by atoms with Crippen molar-refractivity contribution in [3.05, 3.63) is 39.9 Å². The van der Waals surface area contributed by atoms with Crippen LogP contribution in [0, 0.1) is 11.2 Å². The first-order chi connectivity index (χ1) is 6.70. The third kappa shape index (κ3) is 4.30. The summed E-state index contributed by atoms with van der Waals surface area (Å²) in [6.45, 7) is 0. The molecule has 0 amide bonds. The highest BCUT2D eigenvalue weighted by Crippen LogP contribution is 2.19. The topological polar surface area (TPSA) is 0 Å². The summed E-state index contributed by atoms with van der Waals surface area (Å²) < 4.78 is -0.00664. The highest BCUT2D eigenvalue weighted by molar-refractivity contribution is 8.04. The van der Waals surface area contributed by atoms with Crippen LogP contribution in [0.3, 0.4) is 0 Å². The van der Waals surface area contributed by atoms with Crippen LogP contribution in [0.1, 0.15) is 0 Å². The van der Waals surface area contributed by atoms with E-state index in [4.69, 9.17) is 34.8 Å². The van der Waals surface area contributed by atoms with Gasteiger partial charge in [-0.25, -0.2) is 0 Å². The predicted octanol–water partition coefficient (Wildman–Crippen LogP) is 4.63. The van der Waals surface area contributed by atoms with Gasteiger partial charge in [0.15, 0.2) is 0 Å². The fourth-order valence-electron chi connectivity index (χ4n) is 0.665. The van der Waals surface area contributed by atoms with Crippen LogP contribution in [0.25, 0.3) is 0 Å². The van der Waals surface area contributed by atoms with Gasteiger partial charge < -0.3 is 0 Å². The first kappa shape index (κ1) is 11.8. The standard InChI is InChI=1S/C10H5Cl3S/c11-9(10(12)13)6-7-14-8-4-2-1-3-5-8/h1-5H. The first-order valence-corrected chi connectivity index (χ1v) is 5.59. The summed E-state index contributed by atoms with van der Waals surface area (Å²) in [4.78, 5) is 1.05. The molecule has 0 aliphatic heterocycles. The Morgan fingerprint density at radius 2 is 1.71 bits per heavy atom. The van der Waals surface area contributed by atoms with E-state index in [1.54, 1.807) is 0 Å². The van der Waals surface area contributed by atoms with E-state index in [2.05, 4.69) is 11.2 Å². The molecule has 14 heavy (non-hydrogen) atoms. The molecule has 0 atom stereocenters. The Morgan fingerprint density at radius 3 is 2.29 bits per heavy atom. The highest BCUT2D eigenvalue weighted by Gasteiger charge is 1.92. The molecule has 0 bridgehead atoms. The van der Waals surface area contributed by atoms with Crippen LogP contribution in [0.15, 0.2) is 44.8 Å². The Labute approximate surface area is 102 Å². The van der Waals surface area contributed by atoms with Crippen molar-refractivity contribution in [1.82, 2.24) is 0 Å². The van der Waals surface area contributed by atoms with Crippen molar-refractivity contribution >= 4 is 46.6 Å². The number of hydrogen-bond donors (Lipinski definition) is 0. The van der Waals surface area contributed by atoms with E-state index in [-0.39, 0.29) is 9.52 Å². The molecule has 4 heteroatoms. The summed E-state index contributed by atoms with van der Waals surface area (Å²) in [6.07, 6.45) is 0. The van der Waals surface area contributed by atoms with Gasteiger partial charge in [-0.3, -0.25) is 0 Å². The molecule has 0 unspecified atom stereocenters. The number of thioether (sulfide) groups is 1. The lowest BCUT2D eigenvalue weighted by atomic mass is 10.4. The molecule has 0 fully saturated rings. The number of hydrogen-bond acceptors (Lipinski definition) is 1. The third-order valence-corrected chi connectivity index (χ3v) is 2.81. The van der Waals surface area contributed by atoms with Gasteiger partial charge in [0, 0.05) is 4.90 Å². The summed E-state index contributed by atoms with van der Waals surface area (Å²) >= 11 is 17.8. The molecule has 0 heterocycles. The Kier molecular flexibility index (Phi) is 5.29. The second kappa shape index (κ2) is 6.27. The van der Waals surface area contributed by atoms with E-state index < -0.39 is 0 Å². The molecule has 0 aromatic heterocycles. The number of rotatable bonds is 1. The number of halogens is 3. The minimum atomic E-state index is -0.00664. The zero-order valence-corrected chi connectivity index (χ0v) is 10.0. The second-order valence-electron chi connectivity index (χ2n) is 2.22. The molecule has 0 N–H and O–H groups in total. The van der Waals surface area contributed by atoms with E-state index in [0.29, 0.717) is 0 Å². The second-order valence-corrected chi connectivity index (χ2v) is 4.42. The van der Waals surface area contributed by atoms with Crippen molar-refractivity contribution in [2.24, 2.45) is 0 Å². The first-order valence-electron chi connectivity index (χ1n) is 3.64. The monoisotopic (exact) mass is 262 g/mol. The van der Waals surface area contributed by atoms with Crippen molar-refractivity contribution in [2.45, 2.75) is 4.90 Å². The zero-order valence-electron chi connectivity index (χ0n) is 6.93. The van der Waals surface area contributed by atoms with E-state index in [9.17, 15) is 0 Å². The summed E-state index contributed by atoms with van der Waals surface area (Å²) in [5.41, 5.74) is 0. The Hall–Kier alpha value is -0.260. The molecule has 1 rings (SSSR count). The quantitative estimate of drug-likeness (QED) is 0.526. The average Bonchev–Trinajstić information content (AvgIpc) is 2.19. The maximum absolute atomic E-state index is 5.61. The Morgan fingerprint density at radius 1 is 1.07 bits per heavy atom. The van der Waals surface area contributed by atoms with E-state index in [1.807, 2.05) is 30.3 Å². The van der Waals surface area contributed by atoms with Gasteiger partial charge in [0.25, 0.3) is 0 Å². The lowest BCUT2D eigenvalue weighted by Gasteiger charge is -1.90. The molecule has 0 saturated carbocycles. The smallest absolute Gasteiger partial charge is 0.0717 e. The number of allylic oxidation sites excluding steroid dienone is 1. The van der Waals surface area contributed by atoms with Gasteiger partial charge in [-0.05, 0) is 35.1 Å². The van der Waals surface area contributed by atoms with Crippen LogP contribution in [0.2, 0.25) is 0 Å². The largest absolute Gasteiger partial charge is 0.133 e. The molecule has 0 spiro atoms. The fraction of sp³-hybridized carbons (Fsp3) is 0. The molecular weight excluding hydrogens is 259 g/mol. The van der Waals surface area contributed by atoms with Crippen molar-refractivity contribution < 1.29 is 0 Å². The Balaban J connectivity index is 2.62. The molecule has 0 aliphatic carbocycles. The van der Waals surface area contributed by atoms with Crippen LogP contribution in [0.5, 0.6) is 0 Å². The van der Waals surface area contributed by atoms with Crippen LogP contribution in [-0.2, 0) is 0 Å². The summed E-state index contributed by atoms with van der Waals surface area (Å²) in [5, 5.41) is 2.95. The van der Waals surface area contributed by atoms with Gasteiger partial charge in [-0.2, -0.15) is 0 Å². The lowest BCUT2D eigenvalue weighted by Crippen LogP contribution is -1.66. The van der Waals surface area contributed by atoms with Crippen molar-refractivity contribution in [2.75, 3.05) is 0 Å². The maximum atomic E-state index is 5.61. The van der Waals surface area contributed by atoms with Gasteiger partial charge in [0.05, 0.1) is 0 Å². The zero-order chi connectivity index (χ0) is 10.4. The maximum Gasteiger partial charge on any atom is 0.133 e. The van der Waals surface area contributed by atoms with Gasteiger partial charge in [0.1, 0.15) is 9.52 Å². The minimum Gasteiger partial charge on any atom is -0.0717 e. The molecule has 1 aromatic carbocycles. The van der Waals surface area contributed by atoms with Crippen molar-refractivity contribution in [3.63, 3.8) is 0 Å². The van der Waals surface area contributed by atoms with Crippen LogP contribution in [0.4, 0.5) is 0 Å². The van der Waals surface area contributed by atoms with Crippen LogP contribution < -0.4 is 0 Å². The predicted molar refractivity (Wildman–Crippen MR) is 64.7 cm³/mol. The molecule has 0 radical (unpaired) electrons. The SMILES string of the molecule is ClC(Cl)=C(Cl)C#CSc1ccccc1. The highest BCUT2D eigenvalue weighted by atomic mass is 35.5. The van der Waals surface area contributed by atoms with Crippen molar-refractivity contribution in [3.8, 4) is 11.2 Å². The molecule has 1 aromatic rings. The van der Waals surface area contributed by atoms with Gasteiger partial charge >= 0.3 is 0 Å². The Bertz CT molecular complexity index is 383. The summed E-state index contributed by atoms with van der Waals surface area (Å²) in [5.74, 6) is 2.62. The fourth-order valence-corrected chi connectivity index (χ4v) is 1.43. The van der Waals surface area contributed by atoms with Gasteiger partial charge in [-0.15, -0.1) is 0 Å². The molecule has 0 aliphatic rings. The molecule has 72 valence electrons. The lowest BCUT2D eigenvalue weighted by molar-refractivity contribution is 1.47. The third-order valence-electron chi connectivity index (χ3n) is 1.24. The molecule has 0 nitrogen and oxygen atoms in total. The summed E-state index contributed by atoms with van der Waals surface area (Å²) in [6, 6.07) is 9.74. The summed E-state index contributed by atoms with van der Waals surface area (Å²) in [7, 11) is 0. The average molecular weight is 264 g/mol. The van der Waals surface area contributed by atoms with Crippen LogP contribution >= 0.6 is 46.6 Å². The van der Waals surface area contributed by atoms with Crippen LogP contribution in [-0.4, -0.2) is 0 Å². The van der Waals surface area contributed by atoms with E-state index in [1.165, 1.54) is 11.8 Å². The van der Waals surface area contributed by atoms with E-state index in [0.717, 1.165) is 4.90 Å². The van der Waals surface area contributed by atoms with Crippen molar-refractivity contribution in [1.29, 1.82) is 0 Å². The van der Waals surface area contributed by atoms with E-state index >= 15 is 0 Å².